The van der Waals surface area contributed by atoms with Crippen LogP contribution in [-0.4, -0.2) is 101 Å². The van der Waals surface area contributed by atoms with E-state index in [4.69, 9.17) is 30.0 Å². The highest BCUT2D eigenvalue weighted by molar-refractivity contribution is 5.29. The summed E-state index contributed by atoms with van der Waals surface area (Å²) in [5.74, 6) is 0. The maximum Gasteiger partial charge on any atom is 0.101 e. The van der Waals surface area contributed by atoms with Crippen LogP contribution in [0.5, 0.6) is 0 Å². The van der Waals surface area contributed by atoms with E-state index in [2.05, 4.69) is 42.3 Å². The summed E-state index contributed by atoms with van der Waals surface area (Å²) in [6.45, 7) is 1.23. The van der Waals surface area contributed by atoms with Gasteiger partial charge in [0.15, 0.2) is 0 Å². The van der Waals surface area contributed by atoms with Crippen molar-refractivity contribution in [2.75, 3.05) is 68.6 Å². The summed E-state index contributed by atoms with van der Waals surface area (Å²) >= 11 is 0. The van der Waals surface area contributed by atoms with E-state index in [0.717, 1.165) is 22.1 Å². The van der Waals surface area contributed by atoms with E-state index in [1.165, 1.54) is 0 Å². The Balaban J connectivity index is -0.0000000927. The number of quaternary nitrogens is 2. The maximum atomic E-state index is 8.39. The summed E-state index contributed by atoms with van der Waals surface area (Å²) in [7, 11) is 12.3. The molecule has 2 N–H and O–H groups in total. The first-order valence-corrected chi connectivity index (χ1v) is 5.89. The minimum atomic E-state index is -0.500. The molecule has 0 aromatic heterocycles. The molecular formula is C12H30N2O6. The van der Waals surface area contributed by atoms with E-state index in [0.29, 0.717) is 0 Å². The zero-order chi connectivity index (χ0) is 17.2. The summed E-state index contributed by atoms with van der Waals surface area (Å²) in [4.78, 5) is 16.5. The van der Waals surface area contributed by atoms with Crippen molar-refractivity contribution in [3.05, 3.63) is 0 Å². The number of hydrogen-bond acceptors (Lipinski definition) is 6. The minimum Gasteiger partial charge on any atom is -0.554 e. The van der Waals surface area contributed by atoms with Crippen LogP contribution >= 0.6 is 0 Å². The lowest BCUT2D eigenvalue weighted by Gasteiger charge is -2.21. The molecule has 0 aromatic rings. The van der Waals surface area contributed by atoms with Crippen molar-refractivity contribution in [1.82, 2.24) is 0 Å². The van der Waals surface area contributed by atoms with Gasteiger partial charge in [0.2, 0.25) is 0 Å². The lowest BCUT2D eigenvalue weighted by molar-refractivity contribution is -0.870. The van der Waals surface area contributed by atoms with Gasteiger partial charge in [0, 0.05) is 12.9 Å². The van der Waals surface area contributed by atoms with Gasteiger partial charge in [0.05, 0.1) is 55.5 Å². The Morgan fingerprint density at radius 3 is 0.900 bits per heavy atom. The molecule has 124 valence electrons. The molecule has 0 rings (SSSR count). The number of nitrogens with zero attached hydrogens (tertiary/aromatic N) is 2. The normalized spacial score (nSPS) is 9.60. The van der Waals surface area contributed by atoms with Gasteiger partial charge in [-0.05, 0) is 0 Å². The summed E-state index contributed by atoms with van der Waals surface area (Å²) < 4.78 is 1.69. The van der Waals surface area contributed by atoms with Gasteiger partial charge in [0.25, 0.3) is 0 Å². The van der Waals surface area contributed by atoms with Gasteiger partial charge in [0.1, 0.15) is 13.1 Å². The molecular weight excluding hydrogens is 268 g/mol. The van der Waals surface area contributed by atoms with E-state index >= 15 is 0 Å². The van der Waals surface area contributed by atoms with E-state index in [-0.39, 0.29) is 13.2 Å². The van der Waals surface area contributed by atoms with Crippen LogP contribution in [0.2, 0.25) is 0 Å². The first-order chi connectivity index (χ1) is 8.95. The molecule has 0 bridgehead atoms. The Kier molecular flexibility index (Phi) is 24.2. The van der Waals surface area contributed by atoms with Gasteiger partial charge in [-0.2, -0.15) is 0 Å². The Bertz CT molecular complexity index is 177. The fraction of sp³-hybridized carbons (Fsp3) is 0.833. The second-order valence-corrected chi connectivity index (χ2v) is 5.67. The van der Waals surface area contributed by atoms with Gasteiger partial charge < -0.3 is 39.0 Å². The number of carbonyl (C=O) groups excluding carboxylic acids is 2. The van der Waals surface area contributed by atoms with Crippen molar-refractivity contribution in [3.8, 4) is 0 Å². The number of aliphatic hydroxyl groups is 2. The topological polar surface area (TPSA) is 121 Å². The van der Waals surface area contributed by atoms with Crippen molar-refractivity contribution < 1.29 is 39.0 Å². The molecule has 0 aromatic carbocycles. The van der Waals surface area contributed by atoms with Crippen LogP contribution in [0, 0.1) is 0 Å². The smallest absolute Gasteiger partial charge is 0.101 e. The maximum absolute atomic E-state index is 8.39. The molecule has 0 aliphatic carbocycles. The van der Waals surface area contributed by atoms with Crippen LogP contribution in [0.3, 0.4) is 0 Å². The van der Waals surface area contributed by atoms with Crippen molar-refractivity contribution in [2.24, 2.45) is 0 Å². The molecule has 0 atom stereocenters. The van der Waals surface area contributed by atoms with Crippen molar-refractivity contribution in [1.29, 1.82) is 0 Å². The monoisotopic (exact) mass is 298 g/mol. The van der Waals surface area contributed by atoms with Gasteiger partial charge in [-0.1, -0.05) is 0 Å². The molecule has 0 fully saturated rings. The predicted molar refractivity (Wildman–Crippen MR) is 72.1 cm³/mol. The molecule has 0 aliphatic rings. The van der Waals surface area contributed by atoms with Crippen LogP contribution < -0.4 is 10.2 Å². The molecule has 0 saturated carbocycles. The van der Waals surface area contributed by atoms with E-state index < -0.39 is 12.9 Å². The Hall–Kier alpha value is -1.22. The fourth-order valence-corrected chi connectivity index (χ4v) is 0.600. The zero-order valence-electron chi connectivity index (χ0n) is 13.4. The highest BCUT2D eigenvalue weighted by Crippen LogP contribution is 1.85. The molecule has 0 saturated heterocycles. The third-order valence-corrected chi connectivity index (χ3v) is 1.54. The second kappa shape index (κ2) is 17.8. The highest BCUT2D eigenvalue weighted by atomic mass is 16.3. The van der Waals surface area contributed by atoms with E-state index in [1.54, 1.807) is 0 Å². The third kappa shape index (κ3) is 90.9. The number of carbonyl (C=O) groups is 2. The van der Waals surface area contributed by atoms with Crippen LogP contribution in [0.4, 0.5) is 0 Å². The van der Waals surface area contributed by atoms with Gasteiger partial charge >= 0.3 is 0 Å². The first-order valence-electron chi connectivity index (χ1n) is 5.89. The minimum absolute atomic E-state index is 0.281. The SMILES string of the molecule is C[N+](C)(C)CCO.C[N+](C)(C)CCO.O=C[O-].O=C[O-]. The number of rotatable bonds is 4. The molecule has 0 unspecified atom stereocenters. The summed E-state index contributed by atoms with van der Waals surface area (Å²) in [5.41, 5.74) is 0. The Morgan fingerprint density at radius 1 is 0.750 bits per heavy atom. The summed E-state index contributed by atoms with van der Waals surface area (Å²) in [6.07, 6.45) is 0. The zero-order valence-corrected chi connectivity index (χ0v) is 13.4. The number of aliphatic hydroxyl groups excluding tert-OH is 2. The van der Waals surface area contributed by atoms with Crippen LogP contribution in [0.15, 0.2) is 0 Å². The lowest BCUT2D eigenvalue weighted by Crippen LogP contribution is -2.36. The quantitative estimate of drug-likeness (QED) is 0.404. The highest BCUT2D eigenvalue weighted by Gasteiger charge is 2.02. The predicted octanol–water partition coefficient (Wildman–Crippen LogP) is -3.90. The number of likely N-dealkylation sites (N-methyl/N-ethyl adjacent to an activating group) is 2. The van der Waals surface area contributed by atoms with Crippen LogP contribution in [-0.2, 0) is 9.59 Å². The third-order valence-electron chi connectivity index (χ3n) is 1.54. The molecule has 0 spiro atoms. The molecule has 0 amide bonds. The average molecular weight is 298 g/mol. The van der Waals surface area contributed by atoms with Gasteiger partial charge in [-0.25, -0.2) is 0 Å². The van der Waals surface area contributed by atoms with Gasteiger partial charge in [-0.3, -0.25) is 0 Å². The second-order valence-electron chi connectivity index (χ2n) is 5.67. The van der Waals surface area contributed by atoms with E-state index in [1.807, 2.05) is 0 Å². The standard InChI is InChI=1S/2C5H14NO.2CH2O2/c2*1-6(2,3)4-5-7;2*2-1-3/h2*7H,4-5H2,1-3H3;2*1H,(H,2,3)/q2*+1;;/p-2. The Morgan fingerprint density at radius 2 is 0.900 bits per heavy atom. The summed E-state index contributed by atoms with van der Waals surface area (Å²) in [6, 6.07) is 0. The number of carboxylic acid groups (broad SMARTS) is 2. The molecule has 20 heavy (non-hydrogen) atoms. The van der Waals surface area contributed by atoms with E-state index in [9.17, 15) is 0 Å². The number of hydrogen-bond donors (Lipinski definition) is 2. The van der Waals surface area contributed by atoms with Crippen molar-refractivity contribution in [3.63, 3.8) is 0 Å². The molecule has 0 radical (unpaired) electrons. The molecule has 8 heteroatoms. The van der Waals surface area contributed by atoms with Crippen molar-refractivity contribution in [2.45, 2.75) is 0 Å². The molecule has 8 nitrogen and oxygen atoms in total. The molecule has 0 heterocycles. The Labute approximate surface area is 121 Å². The van der Waals surface area contributed by atoms with Gasteiger partial charge in [-0.15, -0.1) is 0 Å². The average Bonchev–Trinajstić information content (AvgIpc) is 2.16. The van der Waals surface area contributed by atoms with Crippen LogP contribution in [0.1, 0.15) is 0 Å². The fourth-order valence-electron chi connectivity index (χ4n) is 0.600. The first kappa shape index (κ1) is 27.2. The summed E-state index contributed by atoms with van der Waals surface area (Å²) in [5, 5.41) is 33.3. The van der Waals surface area contributed by atoms with Crippen molar-refractivity contribution >= 4 is 12.9 Å². The lowest BCUT2D eigenvalue weighted by atomic mass is 10.5. The van der Waals surface area contributed by atoms with Crippen LogP contribution in [0.25, 0.3) is 0 Å². The largest absolute Gasteiger partial charge is 0.554 e. The molecule has 0 aliphatic heterocycles.